The van der Waals surface area contributed by atoms with Crippen molar-refractivity contribution in [1.82, 2.24) is 4.90 Å². The van der Waals surface area contributed by atoms with Crippen molar-refractivity contribution in [2.24, 2.45) is 16.8 Å². The van der Waals surface area contributed by atoms with Crippen LogP contribution in [0.4, 0.5) is 0 Å². The molecular formula is C11H14ClN3O2S. The van der Waals surface area contributed by atoms with Gasteiger partial charge in [0.2, 0.25) is 0 Å². The molecule has 0 aromatic carbocycles. The molecule has 3 N–H and O–H groups in total. The van der Waals surface area contributed by atoms with Crippen molar-refractivity contribution in [3.05, 3.63) is 21.3 Å². The van der Waals surface area contributed by atoms with E-state index in [2.05, 4.69) is 5.16 Å². The van der Waals surface area contributed by atoms with Gasteiger partial charge in [0, 0.05) is 19.0 Å². The lowest BCUT2D eigenvalue weighted by molar-refractivity contribution is 0.0714. The zero-order chi connectivity index (χ0) is 13.1. The third-order valence-electron chi connectivity index (χ3n) is 3.10. The Balaban J connectivity index is 1.96. The van der Waals surface area contributed by atoms with Crippen LogP contribution in [0.1, 0.15) is 22.5 Å². The van der Waals surface area contributed by atoms with Crippen LogP contribution in [0.15, 0.2) is 17.3 Å². The Morgan fingerprint density at radius 2 is 2.17 bits per heavy atom. The highest BCUT2D eigenvalue weighted by atomic mass is 35.5. The van der Waals surface area contributed by atoms with Crippen molar-refractivity contribution in [1.29, 1.82) is 0 Å². The number of nitrogens with zero attached hydrogens (tertiary/aromatic N) is 2. The molecule has 1 aliphatic rings. The Bertz CT molecular complexity index is 467. The predicted octanol–water partition coefficient (Wildman–Crippen LogP) is 2.00. The normalized spacial score (nSPS) is 18.1. The molecule has 0 radical (unpaired) electrons. The van der Waals surface area contributed by atoms with E-state index in [1.807, 2.05) is 0 Å². The van der Waals surface area contributed by atoms with Crippen molar-refractivity contribution in [2.75, 3.05) is 13.1 Å². The number of likely N-dealkylation sites (tertiary alicyclic amines) is 1. The van der Waals surface area contributed by atoms with Gasteiger partial charge in [-0.25, -0.2) is 0 Å². The minimum atomic E-state index is 0.00450. The van der Waals surface area contributed by atoms with E-state index in [9.17, 15) is 4.79 Å². The van der Waals surface area contributed by atoms with Gasteiger partial charge in [-0.15, -0.1) is 11.3 Å². The molecule has 18 heavy (non-hydrogen) atoms. The summed E-state index contributed by atoms with van der Waals surface area (Å²) in [5, 5.41) is 11.6. The summed E-state index contributed by atoms with van der Waals surface area (Å²) >= 11 is 7.10. The summed E-state index contributed by atoms with van der Waals surface area (Å²) in [4.78, 5) is 14.6. The lowest BCUT2D eigenvalue weighted by Gasteiger charge is -2.31. The maximum Gasteiger partial charge on any atom is 0.263 e. The molecule has 0 unspecified atom stereocenters. The van der Waals surface area contributed by atoms with E-state index in [0.29, 0.717) is 22.3 Å². The number of halogens is 1. The summed E-state index contributed by atoms with van der Waals surface area (Å²) < 4.78 is 0.616. The highest BCUT2D eigenvalue weighted by Gasteiger charge is 2.26. The number of carbonyl (C=O) groups excluding carboxylic acids is 1. The fourth-order valence-corrected chi connectivity index (χ4v) is 3.06. The third-order valence-corrected chi connectivity index (χ3v) is 4.32. The maximum atomic E-state index is 12.1. The van der Waals surface area contributed by atoms with E-state index in [-0.39, 0.29) is 17.7 Å². The van der Waals surface area contributed by atoms with Gasteiger partial charge in [0.1, 0.15) is 5.84 Å². The lowest BCUT2D eigenvalue weighted by atomic mass is 9.96. The van der Waals surface area contributed by atoms with Crippen LogP contribution in [0.2, 0.25) is 4.34 Å². The molecule has 7 heteroatoms. The van der Waals surface area contributed by atoms with Gasteiger partial charge >= 0.3 is 0 Å². The number of nitrogens with two attached hydrogens (primary N) is 1. The maximum absolute atomic E-state index is 12.1. The van der Waals surface area contributed by atoms with Gasteiger partial charge in [-0.3, -0.25) is 4.79 Å². The van der Waals surface area contributed by atoms with Crippen LogP contribution < -0.4 is 5.73 Å². The molecule has 2 heterocycles. The standard InChI is InChI=1S/C11H14ClN3O2S/c12-9-2-1-8(18-9)11(16)15-5-3-7(4-6-15)10(13)14-17/h1-2,7,17H,3-6H2,(H2,13,14). The van der Waals surface area contributed by atoms with Gasteiger partial charge < -0.3 is 15.8 Å². The average Bonchev–Trinajstić information content (AvgIpc) is 2.84. The minimum Gasteiger partial charge on any atom is -0.409 e. The summed E-state index contributed by atoms with van der Waals surface area (Å²) in [5.74, 6) is 0.317. The van der Waals surface area contributed by atoms with Crippen molar-refractivity contribution in [3.8, 4) is 0 Å². The number of amidine groups is 1. The Morgan fingerprint density at radius 1 is 1.50 bits per heavy atom. The second-order valence-electron chi connectivity index (χ2n) is 4.20. The first-order valence-electron chi connectivity index (χ1n) is 5.64. The molecule has 5 nitrogen and oxygen atoms in total. The summed E-state index contributed by atoms with van der Waals surface area (Å²) in [6.07, 6.45) is 1.45. The van der Waals surface area contributed by atoms with Gasteiger partial charge in [-0.05, 0) is 25.0 Å². The first-order valence-corrected chi connectivity index (χ1v) is 6.83. The average molecular weight is 288 g/mol. The topological polar surface area (TPSA) is 78.9 Å². The molecule has 0 aliphatic carbocycles. The summed E-state index contributed by atoms with van der Waals surface area (Å²) in [5.41, 5.74) is 5.56. The van der Waals surface area contributed by atoms with Crippen molar-refractivity contribution >= 4 is 34.7 Å². The highest BCUT2D eigenvalue weighted by Crippen LogP contribution is 2.25. The molecule has 1 fully saturated rings. The van der Waals surface area contributed by atoms with Crippen LogP contribution in [-0.4, -0.2) is 34.9 Å². The molecule has 0 saturated carbocycles. The molecule has 1 aromatic rings. The highest BCUT2D eigenvalue weighted by molar-refractivity contribution is 7.17. The number of amides is 1. The number of carbonyl (C=O) groups is 1. The Kier molecular flexibility index (Phi) is 4.08. The van der Waals surface area contributed by atoms with Gasteiger partial charge in [0.25, 0.3) is 5.91 Å². The van der Waals surface area contributed by atoms with Crippen LogP contribution in [0, 0.1) is 5.92 Å². The Morgan fingerprint density at radius 3 is 2.67 bits per heavy atom. The van der Waals surface area contributed by atoms with Crippen molar-refractivity contribution in [3.63, 3.8) is 0 Å². The molecule has 0 spiro atoms. The zero-order valence-corrected chi connectivity index (χ0v) is 11.2. The van der Waals surface area contributed by atoms with Crippen LogP contribution >= 0.6 is 22.9 Å². The monoisotopic (exact) mass is 287 g/mol. The molecular weight excluding hydrogens is 274 g/mol. The molecule has 1 aromatic heterocycles. The van der Waals surface area contributed by atoms with Gasteiger partial charge in [0.05, 0.1) is 9.21 Å². The smallest absolute Gasteiger partial charge is 0.263 e. The fraction of sp³-hybridized carbons (Fsp3) is 0.455. The third kappa shape index (κ3) is 2.76. The van der Waals surface area contributed by atoms with E-state index < -0.39 is 0 Å². The molecule has 98 valence electrons. The van der Waals surface area contributed by atoms with Gasteiger partial charge in [-0.2, -0.15) is 0 Å². The van der Waals surface area contributed by atoms with E-state index in [1.165, 1.54) is 11.3 Å². The molecule has 2 rings (SSSR count). The lowest BCUT2D eigenvalue weighted by Crippen LogP contribution is -2.41. The summed E-state index contributed by atoms with van der Waals surface area (Å²) in [7, 11) is 0. The SMILES string of the molecule is NC(=NO)C1CCN(C(=O)c2ccc(Cl)s2)CC1. The number of oxime groups is 1. The number of rotatable bonds is 2. The molecule has 1 saturated heterocycles. The van der Waals surface area contributed by atoms with Crippen LogP contribution in [0.5, 0.6) is 0 Å². The second kappa shape index (κ2) is 5.58. The number of piperidine rings is 1. The van der Waals surface area contributed by atoms with E-state index in [0.717, 1.165) is 12.8 Å². The van der Waals surface area contributed by atoms with Crippen LogP contribution in [0.3, 0.4) is 0 Å². The minimum absolute atomic E-state index is 0.00450. The Hall–Kier alpha value is -1.27. The van der Waals surface area contributed by atoms with Crippen molar-refractivity contribution < 1.29 is 10.0 Å². The largest absolute Gasteiger partial charge is 0.409 e. The van der Waals surface area contributed by atoms with E-state index in [4.69, 9.17) is 22.5 Å². The number of hydrogen-bond acceptors (Lipinski definition) is 4. The molecule has 0 atom stereocenters. The summed E-state index contributed by atoms with van der Waals surface area (Å²) in [6, 6.07) is 3.47. The molecule has 0 bridgehead atoms. The quantitative estimate of drug-likeness (QED) is 0.378. The predicted molar refractivity (Wildman–Crippen MR) is 71.4 cm³/mol. The molecule has 1 aliphatic heterocycles. The second-order valence-corrected chi connectivity index (χ2v) is 5.91. The van der Waals surface area contributed by atoms with Crippen LogP contribution in [0.25, 0.3) is 0 Å². The zero-order valence-electron chi connectivity index (χ0n) is 9.67. The summed E-state index contributed by atoms with van der Waals surface area (Å²) in [6.45, 7) is 1.24. The first-order chi connectivity index (χ1) is 8.61. The number of thiophene rings is 1. The first kappa shape index (κ1) is 13.2. The number of hydrogen-bond donors (Lipinski definition) is 2. The Labute approximate surface area is 114 Å². The fourth-order valence-electron chi connectivity index (χ4n) is 2.05. The van der Waals surface area contributed by atoms with E-state index in [1.54, 1.807) is 17.0 Å². The van der Waals surface area contributed by atoms with Gasteiger partial charge in [-0.1, -0.05) is 16.8 Å². The van der Waals surface area contributed by atoms with Crippen LogP contribution in [-0.2, 0) is 0 Å². The van der Waals surface area contributed by atoms with E-state index >= 15 is 0 Å². The molecule has 1 amide bonds. The van der Waals surface area contributed by atoms with Crippen molar-refractivity contribution in [2.45, 2.75) is 12.8 Å². The van der Waals surface area contributed by atoms with Gasteiger partial charge in [0.15, 0.2) is 0 Å².